The first-order valence-corrected chi connectivity index (χ1v) is 13.1. The molecule has 1 aliphatic rings. The van der Waals surface area contributed by atoms with E-state index in [1.165, 1.54) is 24.3 Å². The van der Waals surface area contributed by atoms with Crippen molar-refractivity contribution in [2.24, 2.45) is 0 Å². The van der Waals surface area contributed by atoms with Gasteiger partial charge in [0.15, 0.2) is 0 Å². The Labute approximate surface area is 244 Å². The SMILES string of the molecule is Nc1c(Nc2cc(CNC(=O)c3cc(C(=O)N[C@H]4CCc5cc(C(=O)O)ccc54)nc4c(O)nnn34)ccc2F)c(=O)c1=O. The van der Waals surface area contributed by atoms with Crippen LogP contribution in [0.2, 0.25) is 0 Å². The zero-order valence-electron chi connectivity index (χ0n) is 22.4. The van der Waals surface area contributed by atoms with Crippen molar-refractivity contribution in [1.82, 2.24) is 30.4 Å². The minimum atomic E-state index is -1.06. The molecule has 0 saturated carbocycles. The number of anilines is 3. The second-order valence-corrected chi connectivity index (χ2v) is 10.0. The molecular formula is C28H21FN8O7. The molecule has 0 aliphatic heterocycles. The first-order valence-electron chi connectivity index (χ1n) is 13.1. The summed E-state index contributed by atoms with van der Waals surface area (Å²) in [6.07, 6.45) is 1.07. The number of amides is 2. The predicted octanol–water partition coefficient (Wildman–Crippen LogP) is 0.936. The quantitative estimate of drug-likeness (QED) is 0.137. The van der Waals surface area contributed by atoms with Gasteiger partial charge in [0.1, 0.15) is 28.6 Å². The Morgan fingerprint density at radius 2 is 1.86 bits per heavy atom. The lowest BCUT2D eigenvalue weighted by Crippen LogP contribution is -2.36. The monoisotopic (exact) mass is 600 g/mol. The summed E-state index contributed by atoms with van der Waals surface area (Å²) >= 11 is 0. The second-order valence-electron chi connectivity index (χ2n) is 10.0. The second kappa shape index (κ2) is 10.6. The van der Waals surface area contributed by atoms with Crippen molar-refractivity contribution in [3.05, 3.63) is 102 Å². The van der Waals surface area contributed by atoms with Crippen molar-refractivity contribution in [3.63, 3.8) is 0 Å². The summed E-state index contributed by atoms with van der Waals surface area (Å²) in [5, 5.41) is 34.6. The Kier molecular flexibility index (Phi) is 6.72. The third-order valence-corrected chi connectivity index (χ3v) is 7.29. The fourth-order valence-electron chi connectivity index (χ4n) is 5.00. The van der Waals surface area contributed by atoms with Crippen LogP contribution in [0.1, 0.15) is 60.5 Å². The zero-order valence-corrected chi connectivity index (χ0v) is 22.4. The van der Waals surface area contributed by atoms with Gasteiger partial charge < -0.3 is 31.9 Å². The lowest BCUT2D eigenvalue weighted by atomic mass is 10.0. The van der Waals surface area contributed by atoms with Gasteiger partial charge in [-0.1, -0.05) is 22.4 Å². The van der Waals surface area contributed by atoms with Gasteiger partial charge in [-0.25, -0.2) is 14.2 Å². The van der Waals surface area contributed by atoms with Crippen LogP contribution in [0.25, 0.3) is 5.65 Å². The lowest BCUT2D eigenvalue weighted by Gasteiger charge is -2.15. The van der Waals surface area contributed by atoms with Gasteiger partial charge in [0, 0.05) is 12.6 Å². The van der Waals surface area contributed by atoms with E-state index in [2.05, 4.69) is 31.2 Å². The maximum absolute atomic E-state index is 14.4. The maximum atomic E-state index is 14.4. The van der Waals surface area contributed by atoms with Gasteiger partial charge >= 0.3 is 5.97 Å². The Morgan fingerprint density at radius 3 is 2.61 bits per heavy atom. The minimum Gasteiger partial charge on any atom is -0.489 e. The molecule has 0 fully saturated rings. The number of hydrogen-bond acceptors (Lipinski definition) is 11. The molecule has 5 aromatic rings. The van der Waals surface area contributed by atoms with E-state index in [1.54, 1.807) is 12.1 Å². The van der Waals surface area contributed by atoms with Gasteiger partial charge in [0.2, 0.25) is 5.65 Å². The minimum absolute atomic E-state index is 0.140. The molecular weight excluding hydrogens is 579 g/mol. The lowest BCUT2D eigenvalue weighted by molar-refractivity contribution is 0.0696. The molecule has 0 radical (unpaired) electrons. The molecule has 0 bridgehead atoms. The summed E-state index contributed by atoms with van der Waals surface area (Å²) in [7, 11) is 0. The van der Waals surface area contributed by atoms with Crippen molar-refractivity contribution in [3.8, 4) is 5.88 Å². The van der Waals surface area contributed by atoms with Crippen molar-refractivity contribution in [2.75, 3.05) is 11.1 Å². The number of nitrogens with zero attached hydrogens (tertiary/aromatic N) is 4. The number of nitrogens with one attached hydrogen (secondary N) is 3. The number of aromatic carboxylic acids is 1. The molecule has 2 heterocycles. The van der Waals surface area contributed by atoms with Crippen LogP contribution in [0.5, 0.6) is 5.88 Å². The highest BCUT2D eigenvalue weighted by atomic mass is 19.1. The molecule has 7 N–H and O–H groups in total. The maximum Gasteiger partial charge on any atom is 0.335 e. The van der Waals surface area contributed by atoms with Gasteiger partial charge in [-0.15, -0.1) is 0 Å². The Balaban J connectivity index is 1.21. The number of carboxylic acid groups (broad SMARTS) is 1. The highest BCUT2D eigenvalue weighted by Crippen LogP contribution is 2.32. The average Bonchev–Trinajstić information content (AvgIpc) is 3.60. The van der Waals surface area contributed by atoms with Crippen molar-refractivity contribution >= 4 is 40.5 Å². The molecule has 3 aromatic carbocycles. The first kappa shape index (κ1) is 28.0. The Hall–Kier alpha value is -6.19. The van der Waals surface area contributed by atoms with E-state index in [4.69, 9.17) is 5.73 Å². The number of aromatic nitrogens is 4. The third-order valence-electron chi connectivity index (χ3n) is 7.29. The van der Waals surface area contributed by atoms with Gasteiger partial charge in [0.25, 0.3) is 28.6 Å². The molecule has 0 unspecified atom stereocenters. The van der Waals surface area contributed by atoms with E-state index < -0.39 is 46.4 Å². The Morgan fingerprint density at radius 1 is 1.07 bits per heavy atom. The standard InChI is InChI=1S/C28H21FN8O7/c29-15-5-1-11(7-17(15)32-21-20(30)22(38)23(21)39)10-31-26(41)19-9-18(33-24-27(42)35-36-37(19)24)25(40)34-16-6-3-12-8-13(28(43)44)2-4-14(12)16/h1-2,4-5,7-9,16,32,42H,3,6,10,30H2,(H,31,41)(H,34,40)(H,43,44)/t16-/m0/s1. The van der Waals surface area contributed by atoms with Crippen LogP contribution in [0.3, 0.4) is 0 Å². The highest BCUT2D eigenvalue weighted by molar-refractivity contribution is 5.98. The molecule has 2 amide bonds. The van der Waals surface area contributed by atoms with E-state index in [-0.39, 0.29) is 46.2 Å². The number of halogens is 1. The summed E-state index contributed by atoms with van der Waals surface area (Å²) in [5.74, 6) is -3.80. The van der Waals surface area contributed by atoms with Crippen LogP contribution < -0.4 is 32.5 Å². The number of aromatic hydroxyl groups is 1. The molecule has 15 nitrogen and oxygen atoms in total. The van der Waals surface area contributed by atoms with Crippen LogP contribution in [-0.2, 0) is 13.0 Å². The summed E-state index contributed by atoms with van der Waals surface area (Å²) < 4.78 is 15.3. The number of carbonyl (C=O) groups is 3. The van der Waals surface area contributed by atoms with Crippen LogP contribution in [0.15, 0.2) is 52.1 Å². The van der Waals surface area contributed by atoms with Crippen molar-refractivity contribution in [2.45, 2.75) is 25.4 Å². The van der Waals surface area contributed by atoms with Gasteiger partial charge in [0.05, 0.1) is 17.3 Å². The van der Waals surface area contributed by atoms with Gasteiger partial charge in [-0.2, -0.15) is 4.52 Å². The molecule has 16 heteroatoms. The normalized spacial score (nSPS) is 14.0. The predicted molar refractivity (Wildman–Crippen MR) is 151 cm³/mol. The summed E-state index contributed by atoms with van der Waals surface area (Å²) in [6.45, 7) is -0.140. The number of aryl methyl sites for hydroxylation is 1. The zero-order chi connectivity index (χ0) is 31.3. The molecule has 2 aromatic heterocycles. The van der Waals surface area contributed by atoms with E-state index in [0.29, 0.717) is 18.4 Å². The number of benzene rings is 2. The molecule has 222 valence electrons. The van der Waals surface area contributed by atoms with E-state index in [9.17, 15) is 38.6 Å². The van der Waals surface area contributed by atoms with E-state index in [0.717, 1.165) is 21.7 Å². The highest BCUT2D eigenvalue weighted by Gasteiger charge is 2.27. The number of carboxylic acids is 1. The number of nitrogens with two attached hydrogens (primary N) is 1. The van der Waals surface area contributed by atoms with Crippen LogP contribution in [-0.4, -0.2) is 47.8 Å². The Bertz CT molecular complexity index is 2100. The fraction of sp³-hybridized carbons (Fsp3) is 0.143. The van der Waals surface area contributed by atoms with Crippen molar-refractivity contribution < 1.29 is 29.0 Å². The molecule has 6 rings (SSSR count). The topological polar surface area (TPSA) is 231 Å². The van der Waals surface area contributed by atoms with Crippen LogP contribution >= 0.6 is 0 Å². The summed E-state index contributed by atoms with van der Waals surface area (Å²) in [5.41, 5.74) is 4.52. The molecule has 1 atom stereocenters. The number of carbonyl (C=O) groups excluding carboxylic acids is 2. The number of fused-ring (bicyclic) bond motifs is 2. The van der Waals surface area contributed by atoms with Crippen molar-refractivity contribution in [1.29, 1.82) is 0 Å². The molecule has 1 aliphatic carbocycles. The summed E-state index contributed by atoms with van der Waals surface area (Å²) in [6, 6.07) is 9.18. The summed E-state index contributed by atoms with van der Waals surface area (Å²) in [4.78, 5) is 64.9. The molecule has 0 saturated heterocycles. The van der Waals surface area contributed by atoms with E-state index in [1.807, 2.05) is 0 Å². The van der Waals surface area contributed by atoms with Gasteiger partial charge in [-0.05, 0) is 53.8 Å². The van der Waals surface area contributed by atoms with Crippen LogP contribution in [0, 0.1) is 5.82 Å². The number of hydrogen-bond donors (Lipinski definition) is 6. The largest absolute Gasteiger partial charge is 0.489 e. The fourth-order valence-corrected chi connectivity index (χ4v) is 5.00. The molecule has 44 heavy (non-hydrogen) atoms. The number of nitrogen functional groups attached to an aromatic ring is 1. The smallest absolute Gasteiger partial charge is 0.335 e. The number of rotatable bonds is 8. The first-order chi connectivity index (χ1) is 21.0. The molecule has 0 spiro atoms. The third kappa shape index (κ3) is 4.83. The van der Waals surface area contributed by atoms with E-state index >= 15 is 0 Å². The van der Waals surface area contributed by atoms with Gasteiger partial charge in [-0.3, -0.25) is 19.2 Å². The van der Waals surface area contributed by atoms with Crippen LogP contribution in [0.4, 0.5) is 21.5 Å². The average molecular weight is 601 g/mol.